The first kappa shape index (κ1) is 20.2. The van der Waals surface area contributed by atoms with E-state index in [9.17, 15) is 13.9 Å². The first-order valence-electron chi connectivity index (χ1n) is 8.98. The molecule has 0 aromatic heterocycles. The Morgan fingerprint density at radius 3 is 2.43 bits per heavy atom. The predicted octanol–water partition coefficient (Wildman–Crippen LogP) is 4.74. The van der Waals surface area contributed by atoms with Crippen LogP contribution in [0.4, 0.5) is 5.69 Å². The molecule has 1 heterocycles. The van der Waals surface area contributed by atoms with Crippen LogP contribution in [-0.2, 0) is 4.79 Å². The highest BCUT2D eigenvalue weighted by atomic mass is 32.3. The smallest absolute Gasteiger partial charge is 0.240 e. The number of hydrogen-bond acceptors (Lipinski definition) is 6. The van der Waals surface area contributed by atoms with Gasteiger partial charge in [0.2, 0.25) is 5.91 Å². The highest BCUT2D eigenvalue weighted by Gasteiger charge is 2.31. The van der Waals surface area contributed by atoms with E-state index in [0.717, 1.165) is 22.6 Å². The maximum atomic E-state index is 12.1. The number of methoxy groups -OCH3 is 1. The van der Waals surface area contributed by atoms with Crippen LogP contribution in [0, 0.1) is 0 Å². The minimum Gasteiger partial charge on any atom is -0.497 e. The molecule has 28 heavy (non-hydrogen) atoms. The summed E-state index contributed by atoms with van der Waals surface area (Å²) in [4.78, 5) is 12.1. The molecule has 8 heteroatoms. The fourth-order valence-corrected chi connectivity index (χ4v) is 3.71. The second kappa shape index (κ2) is 8.22. The molecule has 0 fully saturated rings. The number of anilines is 1. The van der Waals surface area contributed by atoms with Crippen LogP contribution in [0.3, 0.4) is 0 Å². The second-order valence-corrected chi connectivity index (χ2v) is 8.65. The Hall–Kier alpha value is -2.55. The lowest BCUT2D eigenvalue weighted by Gasteiger charge is -2.32. The van der Waals surface area contributed by atoms with E-state index in [1.165, 1.54) is 11.9 Å². The zero-order valence-electron chi connectivity index (χ0n) is 16.1. The van der Waals surface area contributed by atoms with Crippen LogP contribution in [0.25, 0.3) is 0 Å². The van der Waals surface area contributed by atoms with Gasteiger partial charge in [0.25, 0.3) is 0 Å². The third-order valence-corrected chi connectivity index (χ3v) is 6.00. The quantitative estimate of drug-likeness (QED) is 0.645. The molecule has 0 saturated heterocycles. The van der Waals surface area contributed by atoms with Crippen LogP contribution in [0.5, 0.6) is 5.75 Å². The van der Waals surface area contributed by atoms with Gasteiger partial charge in [-0.3, -0.25) is 18.6 Å². The number of hydrogen-bond donors (Lipinski definition) is 3. The maximum Gasteiger partial charge on any atom is 0.240 e. The van der Waals surface area contributed by atoms with Gasteiger partial charge in [-0.25, -0.2) is 5.01 Å². The molecular formula is C20H27N3O4S. The molecule has 1 atom stereocenters. The lowest BCUT2D eigenvalue weighted by molar-refractivity contribution is -0.130. The molecule has 0 radical (unpaired) electrons. The van der Waals surface area contributed by atoms with Crippen molar-refractivity contribution in [2.75, 3.05) is 17.6 Å². The summed E-state index contributed by atoms with van der Waals surface area (Å²) in [6, 6.07) is 14.8. The largest absolute Gasteiger partial charge is 0.497 e. The minimum absolute atomic E-state index is 0. The zero-order valence-corrected chi connectivity index (χ0v) is 16.9. The molecule has 0 spiro atoms. The van der Waals surface area contributed by atoms with E-state index in [0.29, 0.717) is 12.1 Å². The SMILES string of the molecule is CCS(O)(O)Nc1ccc(C2=NN(C(C)=O)C(c3ccc(OC)cc3)C2)cc1.[HH]. The summed E-state index contributed by atoms with van der Waals surface area (Å²) in [6.45, 7) is 3.21. The lowest BCUT2D eigenvalue weighted by Crippen LogP contribution is -2.24. The standard InChI is InChI=1S/C20H25N3O4S.H2/c1-4-28(25,26)22-17-9-5-15(6-10-17)19-13-20(23(21-19)14(2)24)16-7-11-18(27-3)12-8-16;/h5-12,20,22,25-26H,4,13H2,1-3H3;1H. The molecule has 1 aliphatic heterocycles. The number of hydrazone groups is 1. The highest BCUT2D eigenvalue weighted by molar-refractivity contribution is 8.25. The fourth-order valence-electron chi connectivity index (χ4n) is 3.05. The van der Waals surface area contributed by atoms with Gasteiger partial charge in [0, 0.05) is 14.8 Å². The molecule has 1 aliphatic rings. The fraction of sp³-hybridized carbons (Fsp3) is 0.300. The monoisotopic (exact) mass is 405 g/mol. The van der Waals surface area contributed by atoms with Crippen molar-refractivity contribution in [3.8, 4) is 5.75 Å². The van der Waals surface area contributed by atoms with E-state index in [-0.39, 0.29) is 19.1 Å². The van der Waals surface area contributed by atoms with Crippen molar-refractivity contribution in [2.45, 2.75) is 26.3 Å². The highest BCUT2D eigenvalue weighted by Crippen LogP contribution is 2.38. The van der Waals surface area contributed by atoms with Crippen LogP contribution >= 0.6 is 10.8 Å². The summed E-state index contributed by atoms with van der Waals surface area (Å²) in [6.07, 6.45) is 0.600. The molecule has 2 aromatic rings. The number of nitrogens with one attached hydrogen (secondary N) is 1. The van der Waals surface area contributed by atoms with Crippen LogP contribution in [0.1, 0.15) is 38.9 Å². The average Bonchev–Trinajstić information content (AvgIpc) is 3.14. The van der Waals surface area contributed by atoms with Gasteiger partial charge in [-0.05, 0) is 42.3 Å². The van der Waals surface area contributed by atoms with Crippen molar-refractivity contribution in [3.05, 3.63) is 59.7 Å². The Morgan fingerprint density at radius 2 is 1.89 bits per heavy atom. The maximum absolute atomic E-state index is 12.1. The van der Waals surface area contributed by atoms with Gasteiger partial charge in [0.15, 0.2) is 0 Å². The third-order valence-electron chi connectivity index (χ3n) is 4.64. The van der Waals surface area contributed by atoms with E-state index in [1.807, 2.05) is 36.4 Å². The van der Waals surface area contributed by atoms with Gasteiger partial charge in [-0.15, -0.1) is 10.8 Å². The third kappa shape index (κ3) is 4.46. The van der Waals surface area contributed by atoms with Crippen molar-refractivity contribution >= 4 is 28.1 Å². The van der Waals surface area contributed by atoms with Gasteiger partial charge in [0.05, 0.1) is 30.3 Å². The average molecular weight is 406 g/mol. The van der Waals surface area contributed by atoms with Gasteiger partial charge >= 0.3 is 0 Å². The topological polar surface area (TPSA) is 94.4 Å². The molecule has 152 valence electrons. The Balaban J connectivity index is 0.00000300. The van der Waals surface area contributed by atoms with Crippen molar-refractivity contribution < 1.29 is 20.1 Å². The second-order valence-electron chi connectivity index (χ2n) is 6.54. The number of rotatable bonds is 6. The summed E-state index contributed by atoms with van der Waals surface area (Å²) >= 11 is 0. The number of amides is 1. The minimum atomic E-state index is -2.82. The van der Waals surface area contributed by atoms with Crippen LogP contribution in [-0.4, -0.2) is 38.6 Å². The summed E-state index contributed by atoms with van der Waals surface area (Å²) in [5.74, 6) is 0.878. The van der Waals surface area contributed by atoms with Crippen LogP contribution in [0.15, 0.2) is 53.6 Å². The van der Waals surface area contributed by atoms with Crippen LogP contribution in [0.2, 0.25) is 0 Å². The number of nitrogens with zero attached hydrogens (tertiary/aromatic N) is 2. The first-order chi connectivity index (χ1) is 13.3. The Kier molecular flexibility index (Phi) is 5.93. The molecule has 3 rings (SSSR count). The lowest BCUT2D eigenvalue weighted by atomic mass is 9.98. The number of carbonyl (C=O) groups is 1. The molecule has 2 aromatic carbocycles. The summed E-state index contributed by atoms with van der Waals surface area (Å²) in [5, 5.41) is 6.04. The molecule has 0 saturated carbocycles. The molecule has 3 N–H and O–H groups in total. The number of benzene rings is 2. The van der Waals surface area contributed by atoms with Crippen molar-refractivity contribution in [1.82, 2.24) is 5.01 Å². The van der Waals surface area contributed by atoms with Crippen LogP contribution < -0.4 is 9.46 Å². The Morgan fingerprint density at radius 1 is 1.25 bits per heavy atom. The van der Waals surface area contributed by atoms with E-state index in [2.05, 4.69) is 9.82 Å². The molecule has 1 unspecified atom stereocenters. The van der Waals surface area contributed by atoms with Gasteiger partial charge in [-0.1, -0.05) is 24.3 Å². The molecule has 0 bridgehead atoms. The zero-order chi connectivity index (χ0) is 20.3. The summed E-state index contributed by atoms with van der Waals surface area (Å²) in [5.41, 5.74) is 3.31. The van der Waals surface area contributed by atoms with E-state index >= 15 is 0 Å². The van der Waals surface area contributed by atoms with E-state index in [1.54, 1.807) is 26.2 Å². The molecule has 0 aliphatic carbocycles. The van der Waals surface area contributed by atoms with E-state index in [4.69, 9.17) is 4.74 Å². The number of carbonyl (C=O) groups excluding carboxylic acids is 1. The normalized spacial score (nSPS) is 17.2. The Labute approximate surface area is 168 Å². The summed E-state index contributed by atoms with van der Waals surface area (Å²) in [7, 11) is -1.20. The van der Waals surface area contributed by atoms with Crippen molar-refractivity contribution in [2.24, 2.45) is 5.10 Å². The van der Waals surface area contributed by atoms with Gasteiger partial charge < -0.3 is 4.74 Å². The molecule has 1 amide bonds. The van der Waals surface area contributed by atoms with Crippen molar-refractivity contribution in [3.63, 3.8) is 0 Å². The van der Waals surface area contributed by atoms with Crippen molar-refractivity contribution in [1.29, 1.82) is 0 Å². The molecule has 7 nitrogen and oxygen atoms in total. The molecular weight excluding hydrogens is 378 g/mol. The van der Waals surface area contributed by atoms with Gasteiger partial charge in [0.1, 0.15) is 5.75 Å². The predicted molar refractivity (Wildman–Crippen MR) is 115 cm³/mol. The van der Waals surface area contributed by atoms with Gasteiger partial charge in [-0.2, -0.15) is 5.10 Å². The number of ether oxygens (including phenoxy) is 1. The first-order valence-corrected chi connectivity index (χ1v) is 10.7. The summed E-state index contributed by atoms with van der Waals surface area (Å²) < 4.78 is 27.5. The Bertz CT molecular complexity index is 872. The van der Waals surface area contributed by atoms with E-state index < -0.39 is 10.8 Å².